The zero-order valence-electron chi connectivity index (χ0n) is 7.39. The summed E-state index contributed by atoms with van der Waals surface area (Å²) in [5.41, 5.74) is 5.49. The number of rotatable bonds is 3. The SMILES string of the molecule is Cl.N=C(N)CCc1ccc(F)cc1F. The molecule has 2 nitrogen and oxygen atoms in total. The highest BCUT2D eigenvalue weighted by Crippen LogP contribution is 2.11. The molecule has 0 bridgehead atoms. The van der Waals surface area contributed by atoms with Crippen LogP contribution in [0.2, 0.25) is 0 Å². The summed E-state index contributed by atoms with van der Waals surface area (Å²) < 4.78 is 25.4. The summed E-state index contributed by atoms with van der Waals surface area (Å²) in [5.74, 6) is -1.17. The number of aryl methyl sites for hydroxylation is 1. The van der Waals surface area contributed by atoms with Gasteiger partial charge in [-0.2, -0.15) is 0 Å². The maximum absolute atomic E-state index is 12.9. The van der Waals surface area contributed by atoms with Crippen LogP contribution in [0.5, 0.6) is 0 Å². The van der Waals surface area contributed by atoms with E-state index < -0.39 is 11.6 Å². The lowest BCUT2D eigenvalue weighted by Gasteiger charge is -2.01. The first-order valence-corrected chi connectivity index (χ1v) is 3.86. The number of nitrogens with two attached hydrogens (primary N) is 1. The second kappa shape index (κ2) is 5.54. The molecule has 1 aromatic carbocycles. The van der Waals surface area contributed by atoms with Gasteiger partial charge >= 0.3 is 0 Å². The molecule has 0 aliphatic rings. The van der Waals surface area contributed by atoms with Crippen LogP contribution in [-0.2, 0) is 6.42 Å². The van der Waals surface area contributed by atoms with Crippen molar-refractivity contribution in [2.45, 2.75) is 12.8 Å². The van der Waals surface area contributed by atoms with Gasteiger partial charge in [0.15, 0.2) is 0 Å². The number of benzene rings is 1. The van der Waals surface area contributed by atoms with Crippen molar-refractivity contribution in [2.75, 3.05) is 0 Å². The lowest BCUT2D eigenvalue weighted by molar-refractivity contribution is 0.572. The van der Waals surface area contributed by atoms with Gasteiger partial charge in [0.2, 0.25) is 0 Å². The van der Waals surface area contributed by atoms with Gasteiger partial charge in [-0.25, -0.2) is 8.78 Å². The number of amidine groups is 1. The molecule has 78 valence electrons. The Morgan fingerprint density at radius 2 is 2.00 bits per heavy atom. The fourth-order valence-electron chi connectivity index (χ4n) is 0.994. The Hall–Kier alpha value is -1.16. The summed E-state index contributed by atoms with van der Waals surface area (Å²) in [6.45, 7) is 0. The monoisotopic (exact) mass is 220 g/mol. The Morgan fingerprint density at radius 1 is 1.36 bits per heavy atom. The number of hydrogen-bond donors (Lipinski definition) is 2. The minimum absolute atomic E-state index is 0. The van der Waals surface area contributed by atoms with Crippen LogP contribution in [0.15, 0.2) is 18.2 Å². The van der Waals surface area contributed by atoms with E-state index in [1.165, 1.54) is 12.1 Å². The molecule has 0 atom stereocenters. The minimum Gasteiger partial charge on any atom is -0.388 e. The van der Waals surface area contributed by atoms with Gasteiger partial charge in [0.05, 0.1) is 5.84 Å². The Labute approximate surface area is 87.0 Å². The maximum Gasteiger partial charge on any atom is 0.129 e. The van der Waals surface area contributed by atoms with Crippen LogP contribution in [0.3, 0.4) is 0 Å². The van der Waals surface area contributed by atoms with E-state index in [0.717, 1.165) is 6.07 Å². The van der Waals surface area contributed by atoms with E-state index in [0.29, 0.717) is 18.4 Å². The molecule has 0 aromatic heterocycles. The van der Waals surface area contributed by atoms with Crippen molar-refractivity contribution in [3.8, 4) is 0 Å². The first-order chi connectivity index (χ1) is 6.09. The first-order valence-electron chi connectivity index (χ1n) is 3.86. The Kier molecular flexibility index (Phi) is 5.09. The third kappa shape index (κ3) is 3.70. The molecule has 0 radical (unpaired) electrons. The van der Waals surface area contributed by atoms with Gasteiger partial charge in [0.1, 0.15) is 11.6 Å². The molecular weight excluding hydrogens is 210 g/mol. The lowest BCUT2D eigenvalue weighted by atomic mass is 10.1. The molecule has 1 aromatic rings. The van der Waals surface area contributed by atoms with E-state index >= 15 is 0 Å². The molecule has 0 fully saturated rings. The van der Waals surface area contributed by atoms with Gasteiger partial charge < -0.3 is 5.73 Å². The summed E-state index contributed by atoms with van der Waals surface area (Å²) in [6, 6.07) is 3.39. The Bertz CT molecular complexity index is 329. The van der Waals surface area contributed by atoms with Crippen LogP contribution in [0.4, 0.5) is 8.78 Å². The Balaban J connectivity index is 0.00000169. The van der Waals surface area contributed by atoms with Gasteiger partial charge in [-0.1, -0.05) is 6.07 Å². The molecule has 0 saturated carbocycles. The molecule has 0 saturated heterocycles. The second-order valence-corrected chi connectivity index (χ2v) is 2.76. The van der Waals surface area contributed by atoms with Crippen molar-refractivity contribution in [3.05, 3.63) is 35.4 Å². The highest BCUT2D eigenvalue weighted by molar-refractivity contribution is 5.85. The van der Waals surface area contributed by atoms with E-state index in [1.807, 2.05) is 0 Å². The molecule has 0 heterocycles. The summed E-state index contributed by atoms with van der Waals surface area (Å²) in [6.07, 6.45) is 0.629. The van der Waals surface area contributed by atoms with Crippen LogP contribution >= 0.6 is 12.4 Å². The third-order valence-electron chi connectivity index (χ3n) is 1.68. The average Bonchev–Trinajstić information content (AvgIpc) is 2.02. The van der Waals surface area contributed by atoms with Crippen LogP contribution in [-0.4, -0.2) is 5.84 Å². The van der Waals surface area contributed by atoms with Gasteiger partial charge in [-0.05, 0) is 18.1 Å². The van der Waals surface area contributed by atoms with Gasteiger partial charge in [0.25, 0.3) is 0 Å². The second-order valence-electron chi connectivity index (χ2n) is 2.76. The summed E-state index contributed by atoms with van der Waals surface area (Å²) in [4.78, 5) is 0. The topological polar surface area (TPSA) is 49.9 Å². The normalized spacial score (nSPS) is 9.29. The van der Waals surface area contributed by atoms with Crippen LogP contribution in [0, 0.1) is 17.0 Å². The zero-order chi connectivity index (χ0) is 9.84. The van der Waals surface area contributed by atoms with Crippen molar-refractivity contribution in [3.63, 3.8) is 0 Å². The molecule has 0 unspecified atom stereocenters. The summed E-state index contributed by atoms with van der Waals surface area (Å²) >= 11 is 0. The van der Waals surface area contributed by atoms with Crippen molar-refractivity contribution < 1.29 is 8.78 Å². The van der Waals surface area contributed by atoms with Crippen molar-refractivity contribution in [1.29, 1.82) is 5.41 Å². The van der Waals surface area contributed by atoms with Crippen molar-refractivity contribution in [2.24, 2.45) is 5.73 Å². The van der Waals surface area contributed by atoms with Crippen molar-refractivity contribution >= 4 is 18.2 Å². The number of nitrogens with one attached hydrogen (secondary N) is 1. The van der Waals surface area contributed by atoms with E-state index in [1.54, 1.807) is 0 Å². The van der Waals surface area contributed by atoms with Crippen LogP contribution in [0.25, 0.3) is 0 Å². The first kappa shape index (κ1) is 12.8. The standard InChI is InChI=1S/C9H10F2N2.ClH/c10-7-3-1-6(8(11)5-7)2-4-9(12)13;/h1,3,5H,2,4H2,(H3,12,13);1H. The number of halogens is 3. The van der Waals surface area contributed by atoms with Crippen LogP contribution in [0.1, 0.15) is 12.0 Å². The van der Waals surface area contributed by atoms with E-state index in [-0.39, 0.29) is 18.2 Å². The molecular formula is C9H11ClF2N2. The van der Waals surface area contributed by atoms with E-state index in [4.69, 9.17) is 11.1 Å². The minimum atomic E-state index is -0.593. The molecule has 5 heteroatoms. The smallest absolute Gasteiger partial charge is 0.129 e. The predicted molar refractivity (Wildman–Crippen MR) is 53.8 cm³/mol. The highest BCUT2D eigenvalue weighted by atomic mass is 35.5. The summed E-state index contributed by atoms with van der Waals surface area (Å²) in [7, 11) is 0. The fourth-order valence-corrected chi connectivity index (χ4v) is 0.994. The summed E-state index contributed by atoms with van der Waals surface area (Å²) in [5, 5.41) is 6.94. The molecule has 0 aliphatic heterocycles. The van der Waals surface area contributed by atoms with E-state index in [9.17, 15) is 8.78 Å². The maximum atomic E-state index is 12.9. The van der Waals surface area contributed by atoms with Gasteiger partial charge in [0, 0.05) is 12.5 Å². The Morgan fingerprint density at radius 3 is 2.50 bits per heavy atom. The van der Waals surface area contributed by atoms with E-state index in [2.05, 4.69) is 0 Å². The molecule has 14 heavy (non-hydrogen) atoms. The lowest BCUT2D eigenvalue weighted by Crippen LogP contribution is -2.10. The molecule has 1 rings (SSSR count). The molecule has 0 spiro atoms. The van der Waals surface area contributed by atoms with Crippen LogP contribution < -0.4 is 5.73 Å². The largest absolute Gasteiger partial charge is 0.388 e. The molecule has 3 N–H and O–H groups in total. The fraction of sp³-hybridized carbons (Fsp3) is 0.222. The zero-order valence-corrected chi connectivity index (χ0v) is 8.20. The molecule has 0 amide bonds. The third-order valence-corrected chi connectivity index (χ3v) is 1.68. The molecule has 0 aliphatic carbocycles. The quantitative estimate of drug-likeness (QED) is 0.596. The van der Waals surface area contributed by atoms with Crippen molar-refractivity contribution in [1.82, 2.24) is 0 Å². The predicted octanol–water partition coefficient (Wildman–Crippen LogP) is 2.26. The van der Waals surface area contributed by atoms with Gasteiger partial charge in [-0.15, -0.1) is 12.4 Å². The van der Waals surface area contributed by atoms with Gasteiger partial charge in [-0.3, -0.25) is 5.41 Å². The average molecular weight is 221 g/mol. The number of hydrogen-bond acceptors (Lipinski definition) is 1. The highest BCUT2D eigenvalue weighted by Gasteiger charge is 2.03.